The first-order valence-corrected chi connectivity index (χ1v) is 9.44. The van der Waals surface area contributed by atoms with E-state index in [0.717, 1.165) is 24.6 Å². The van der Waals surface area contributed by atoms with Crippen molar-refractivity contribution in [2.45, 2.75) is 0 Å². The molecule has 1 aliphatic rings. The smallest absolute Gasteiger partial charge is 0.198 e. The Kier molecular flexibility index (Phi) is 4.55. The van der Waals surface area contributed by atoms with Crippen LogP contribution >= 0.6 is 11.8 Å². The quantitative estimate of drug-likeness (QED) is 0.667. The normalized spacial score (nSPS) is 15.2. The third-order valence-electron chi connectivity index (χ3n) is 4.41. The van der Waals surface area contributed by atoms with E-state index in [9.17, 15) is 13.9 Å². The summed E-state index contributed by atoms with van der Waals surface area (Å²) in [6.07, 6.45) is 1.46. The Morgan fingerprint density at radius 1 is 1.12 bits per heavy atom. The van der Waals surface area contributed by atoms with Gasteiger partial charge in [0.2, 0.25) is 0 Å². The van der Waals surface area contributed by atoms with Crippen molar-refractivity contribution < 1.29 is 13.9 Å². The zero-order chi connectivity index (χ0) is 18.1. The minimum Gasteiger partial charge on any atom is -0.494 e. The van der Waals surface area contributed by atoms with Crippen LogP contribution in [0.1, 0.15) is 5.56 Å². The number of hydrogen-bond acceptors (Lipinski definition) is 4. The van der Waals surface area contributed by atoms with E-state index in [1.807, 2.05) is 16.7 Å². The van der Waals surface area contributed by atoms with Gasteiger partial charge in [-0.3, -0.25) is 4.99 Å². The third kappa shape index (κ3) is 3.26. The van der Waals surface area contributed by atoms with Crippen molar-refractivity contribution in [1.82, 2.24) is 4.98 Å². The number of hydrogen-bond donors (Lipinski definition) is 2. The maximum absolute atomic E-state index is 14.5. The van der Waals surface area contributed by atoms with Gasteiger partial charge in [-0.05, 0) is 30.3 Å². The van der Waals surface area contributed by atoms with E-state index >= 15 is 0 Å². The SMILES string of the molecule is Oc1[nH]c2cc(F)ccc2c1C=Nc1ccc(N2CCSCC2)c(F)c1. The highest BCUT2D eigenvalue weighted by Gasteiger charge is 2.15. The number of halogens is 2. The molecule has 3 aromatic rings. The topological polar surface area (TPSA) is 51.6 Å². The van der Waals surface area contributed by atoms with Crippen LogP contribution in [0.15, 0.2) is 41.4 Å². The minimum absolute atomic E-state index is 0.0998. The number of aliphatic imine (C=N–C) groups is 1. The standard InChI is InChI=1S/C19H17F2N3OS/c20-12-1-3-14-15(19(25)23-17(14)9-12)11-22-13-2-4-18(16(21)10-13)24-5-7-26-8-6-24/h1-4,9-11,23,25H,5-8H2. The molecule has 0 aliphatic carbocycles. The van der Waals surface area contributed by atoms with E-state index < -0.39 is 5.82 Å². The monoisotopic (exact) mass is 373 g/mol. The van der Waals surface area contributed by atoms with Gasteiger partial charge in [-0.15, -0.1) is 0 Å². The molecule has 2 heterocycles. The summed E-state index contributed by atoms with van der Waals surface area (Å²) < 4.78 is 27.7. The summed E-state index contributed by atoms with van der Waals surface area (Å²) in [6.45, 7) is 1.67. The number of nitrogens with zero attached hydrogens (tertiary/aromatic N) is 2. The van der Waals surface area contributed by atoms with Crippen LogP contribution in [0.2, 0.25) is 0 Å². The number of aromatic hydroxyl groups is 1. The molecule has 2 N–H and O–H groups in total. The van der Waals surface area contributed by atoms with Crippen molar-refractivity contribution in [3.63, 3.8) is 0 Å². The molecule has 4 rings (SSSR count). The fourth-order valence-corrected chi connectivity index (χ4v) is 3.99. The van der Waals surface area contributed by atoms with Crippen LogP contribution in [0, 0.1) is 11.6 Å². The summed E-state index contributed by atoms with van der Waals surface area (Å²) >= 11 is 1.87. The molecule has 4 nitrogen and oxygen atoms in total. The summed E-state index contributed by atoms with van der Waals surface area (Å²) in [5.74, 6) is 1.20. The van der Waals surface area contributed by atoms with Crippen LogP contribution < -0.4 is 4.90 Å². The average Bonchev–Trinajstić information content (AvgIpc) is 2.95. The number of H-pyrrole nitrogens is 1. The Labute approximate surface area is 153 Å². The minimum atomic E-state index is -0.393. The summed E-state index contributed by atoms with van der Waals surface area (Å²) in [7, 11) is 0. The first-order valence-electron chi connectivity index (χ1n) is 8.28. The summed E-state index contributed by atoms with van der Waals surface area (Å²) in [5, 5.41) is 10.7. The molecular formula is C19H17F2N3OS. The van der Waals surface area contributed by atoms with E-state index in [-0.39, 0.29) is 11.7 Å². The van der Waals surface area contributed by atoms with Gasteiger partial charge in [0.15, 0.2) is 5.88 Å². The molecule has 0 radical (unpaired) electrons. The lowest BCUT2D eigenvalue weighted by atomic mass is 10.2. The third-order valence-corrected chi connectivity index (χ3v) is 5.35. The zero-order valence-corrected chi connectivity index (χ0v) is 14.7. The number of benzene rings is 2. The highest BCUT2D eigenvalue weighted by Crippen LogP contribution is 2.29. The van der Waals surface area contributed by atoms with Crippen molar-refractivity contribution in [3.05, 3.63) is 53.6 Å². The molecule has 0 saturated carbocycles. The second kappa shape index (κ2) is 6.99. The Morgan fingerprint density at radius 3 is 2.69 bits per heavy atom. The Hall–Kier alpha value is -2.54. The van der Waals surface area contributed by atoms with Crippen molar-refractivity contribution in [2.75, 3.05) is 29.5 Å². The fraction of sp³-hybridized carbons (Fsp3) is 0.211. The Bertz CT molecular complexity index is 980. The first kappa shape index (κ1) is 16.9. The highest BCUT2D eigenvalue weighted by molar-refractivity contribution is 7.99. The zero-order valence-electron chi connectivity index (χ0n) is 13.9. The molecule has 2 aromatic carbocycles. The van der Waals surface area contributed by atoms with Crippen LogP contribution in [0.3, 0.4) is 0 Å². The molecule has 1 aromatic heterocycles. The number of rotatable bonds is 3. The average molecular weight is 373 g/mol. The van der Waals surface area contributed by atoms with Gasteiger partial charge in [0.05, 0.1) is 22.5 Å². The van der Waals surface area contributed by atoms with Crippen molar-refractivity contribution in [2.24, 2.45) is 4.99 Å². The predicted molar refractivity (Wildman–Crippen MR) is 103 cm³/mol. The van der Waals surface area contributed by atoms with E-state index in [0.29, 0.717) is 27.8 Å². The van der Waals surface area contributed by atoms with Crippen LogP contribution in [-0.2, 0) is 0 Å². The second-order valence-electron chi connectivity index (χ2n) is 6.07. The Balaban J connectivity index is 1.61. The molecule has 0 bridgehead atoms. The highest BCUT2D eigenvalue weighted by atomic mass is 32.2. The summed E-state index contributed by atoms with van der Waals surface area (Å²) in [6, 6.07) is 9.07. The predicted octanol–water partition coefficient (Wildman–Crippen LogP) is 4.46. The first-order chi connectivity index (χ1) is 12.6. The van der Waals surface area contributed by atoms with Crippen LogP contribution in [0.4, 0.5) is 20.2 Å². The number of anilines is 1. The molecule has 1 saturated heterocycles. The molecule has 7 heteroatoms. The van der Waals surface area contributed by atoms with Gasteiger partial charge in [0, 0.05) is 42.3 Å². The number of thioether (sulfide) groups is 1. The maximum Gasteiger partial charge on any atom is 0.198 e. The molecule has 0 amide bonds. The molecule has 1 fully saturated rings. The van der Waals surface area contributed by atoms with E-state index in [1.165, 1.54) is 24.4 Å². The van der Waals surface area contributed by atoms with Gasteiger partial charge in [0.25, 0.3) is 0 Å². The van der Waals surface area contributed by atoms with E-state index in [4.69, 9.17) is 0 Å². The van der Waals surface area contributed by atoms with Gasteiger partial charge in [-0.1, -0.05) is 0 Å². The maximum atomic E-state index is 14.5. The lowest BCUT2D eigenvalue weighted by molar-refractivity contribution is 0.457. The van der Waals surface area contributed by atoms with Gasteiger partial charge < -0.3 is 15.0 Å². The van der Waals surface area contributed by atoms with Crippen molar-refractivity contribution in [1.29, 1.82) is 0 Å². The van der Waals surface area contributed by atoms with Crippen molar-refractivity contribution in [3.8, 4) is 5.88 Å². The van der Waals surface area contributed by atoms with Crippen LogP contribution in [0.25, 0.3) is 10.9 Å². The van der Waals surface area contributed by atoms with Gasteiger partial charge in [-0.2, -0.15) is 11.8 Å². The summed E-state index contributed by atoms with van der Waals surface area (Å²) in [5.41, 5.74) is 1.97. The number of fused-ring (bicyclic) bond motifs is 1. The molecule has 0 spiro atoms. The molecule has 26 heavy (non-hydrogen) atoms. The number of aromatic nitrogens is 1. The van der Waals surface area contributed by atoms with E-state index in [1.54, 1.807) is 18.2 Å². The lowest BCUT2D eigenvalue weighted by Gasteiger charge is -2.28. The fourth-order valence-electron chi connectivity index (χ4n) is 3.08. The molecule has 0 atom stereocenters. The largest absolute Gasteiger partial charge is 0.494 e. The molecule has 0 unspecified atom stereocenters. The van der Waals surface area contributed by atoms with E-state index in [2.05, 4.69) is 9.98 Å². The number of nitrogens with one attached hydrogen (secondary N) is 1. The van der Waals surface area contributed by atoms with Crippen molar-refractivity contribution >= 4 is 40.3 Å². The van der Waals surface area contributed by atoms with Crippen LogP contribution in [0.5, 0.6) is 5.88 Å². The number of aromatic amines is 1. The lowest BCUT2D eigenvalue weighted by Crippen LogP contribution is -2.32. The molecular weight excluding hydrogens is 356 g/mol. The molecule has 1 aliphatic heterocycles. The van der Waals surface area contributed by atoms with Gasteiger partial charge >= 0.3 is 0 Å². The Morgan fingerprint density at radius 2 is 1.92 bits per heavy atom. The van der Waals surface area contributed by atoms with Gasteiger partial charge in [-0.25, -0.2) is 8.78 Å². The molecule has 134 valence electrons. The van der Waals surface area contributed by atoms with Crippen LogP contribution in [-0.4, -0.2) is 40.9 Å². The summed E-state index contributed by atoms with van der Waals surface area (Å²) in [4.78, 5) is 9.02. The second-order valence-corrected chi connectivity index (χ2v) is 7.30. The van der Waals surface area contributed by atoms with Gasteiger partial charge in [0.1, 0.15) is 11.6 Å².